The van der Waals surface area contributed by atoms with Crippen LogP contribution in [0.25, 0.3) is 5.69 Å². The number of nitrogens with two attached hydrogens (primary N) is 1. The summed E-state index contributed by atoms with van der Waals surface area (Å²) in [4.78, 5) is 23.2. The van der Waals surface area contributed by atoms with Gasteiger partial charge in [0.2, 0.25) is 17.0 Å². The second-order valence-corrected chi connectivity index (χ2v) is 6.43. The third-order valence-electron chi connectivity index (χ3n) is 3.50. The first-order valence-electron chi connectivity index (χ1n) is 7.71. The summed E-state index contributed by atoms with van der Waals surface area (Å²) in [5.41, 5.74) is 8.11. The largest absolute Gasteiger partial charge is 0.366 e. The van der Waals surface area contributed by atoms with Crippen LogP contribution in [0.2, 0.25) is 0 Å². The van der Waals surface area contributed by atoms with Crippen molar-refractivity contribution < 1.29 is 9.59 Å². The number of primary amides is 1. The molecule has 132 valence electrons. The highest BCUT2D eigenvalue weighted by Gasteiger charge is 2.12. The van der Waals surface area contributed by atoms with Gasteiger partial charge < -0.3 is 11.1 Å². The second kappa shape index (κ2) is 7.79. The maximum Gasteiger partial charge on any atom is 0.248 e. The number of carbonyl (C=O) groups excluding carboxylic acids is 2. The summed E-state index contributed by atoms with van der Waals surface area (Å²) in [5, 5.41) is 14.9. The van der Waals surface area contributed by atoms with Gasteiger partial charge in [-0.3, -0.25) is 9.59 Å². The van der Waals surface area contributed by atoms with E-state index in [1.807, 2.05) is 31.2 Å². The Bertz CT molecular complexity index is 921. The third kappa shape index (κ3) is 4.25. The lowest BCUT2D eigenvalue weighted by Gasteiger charge is -2.06. The van der Waals surface area contributed by atoms with E-state index in [-0.39, 0.29) is 11.7 Å². The van der Waals surface area contributed by atoms with Gasteiger partial charge in [0, 0.05) is 11.3 Å². The average Bonchev–Trinajstić information content (AvgIpc) is 3.09. The van der Waals surface area contributed by atoms with Crippen LogP contribution in [0, 0.1) is 6.92 Å². The van der Waals surface area contributed by atoms with E-state index in [1.165, 1.54) is 11.8 Å². The third-order valence-corrected chi connectivity index (χ3v) is 4.42. The van der Waals surface area contributed by atoms with Gasteiger partial charge in [0.1, 0.15) is 0 Å². The van der Waals surface area contributed by atoms with Crippen LogP contribution in [0.1, 0.15) is 15.9 Å². The van der Waals surface area contributed by atoms with Crippen molar-refractivity contribution >= 4 is 29.3 Å². The summed E-state index contributed by atoms with van der Waals surface area (Å²) >= 11 is 1.23. The van der Waals surface area contributed by atoms with Crippen LogP contribution in [-0.4, -0.2) is 37.8 Å². The van der Waals surface area contributed by atoms with Gasteiger partial charge in [0.25, 0.3) is 0 Å². The van der Waals surface area contributed by atoms with Crippen molar-refractivity contribution in [3.8, 4) is 5.69 Å². The molecule has 0 aliphatic heterocycles. The number of hydrogen-bond acceptors (Lipinski definition) is 6. The predicted molar refractivity (Wildman–Crippen MR) is 98.2 cm³/mol. The molecule has 3 aromatic rings. The van der Waals surface area contributed by atoms with Gasteiger partial charge in [0.05, 0.1) is 11.4 Å². The number of rotatable bonds is 6. The molecule has 26 heavy (non-hydrogen) atoms. The number of thioether (sulfide) groups is 1. The molecular formula is C17H16N6O2S. The number of carbonyl (C=O) groups is 2. The van der Waals surface area contributed by atoms with Crippen molar-refractivity contribution in [2.24, 2.45) is 5.73 Å². The molecule has 0 saturated carbocycles. The van der Waals surface area contributed by atoms with Crippen LogP contribution in [-0.2, 0) is 4.79 Å². The Hall–Kier alpha value is -3.20. The minimum atomic E-state index is -0.513. The number of nitrogens with zero attached hydrogens (tertiary/aromatic N) is 4. The summed E-state index contributed by atoms with van der Waals surface area (Å²) in [6.07, 6.45) is 0. The molecule has 3 rings (SSSR count). The zero-order valence-corrected chi connectivity index (χ0v) is 14.7. The highest BCUT2D eigenvalue weighted by Crippen LogP contribution is 2.19. The van der Waals surface area contributed by atoms with E-state index in [1.54, 1.807) is 28.9 Å². The molecule has 2 amide bonds. The lowest BCUT2D eigenvalue weighted by atomic mass is 10.2. The first-order chi connectivity index (χ1) is 12.5. The van der Waals surface area contributed by atoms with E-state index in [4.69, 9.17) is 5.73 Å². The zero-order chi connectivity index (χ0) is 18.5. The molecule has 1 heterocycles. The highest BCUT2D eigenvalue weighted by molar-refractivity contribution is 7.99. The maximum absolute atomic E-state index is 12.1. The van der Waals surface area contributed by atoms with E-state index in [0.717, 1.165) is 11.3 Å². The zero-order valence-electron chi connectivity index (χ0n) is 13.9. The Morgan fingerprint density at radius 3 is 2.46 bits per heavy atom. The van der Waals surface area contributed by atoms with Crippen LogP contribution < -0.4 is 11.1 Å². The number of benzene rings is 2. The van der Waals surface area contributed by atoms with Crippen LogP contribution in [0.4, 0.5) is 5.69 Å². The van der Waals surface area contributed by atoms with E-state index < -0.39 is 5.91 Å². The van der Waals surface area contributed by atoms with E-state index in [0.29, 0.717) is 16.4 Å². The molecule has 0 fully saturated rings. The van der Waals surface area contributed by atoms with Gasteiger partial charge in [-0.05, 0) is 53.7 Å². The molecule has 0 spiro atoms. The van der Waals surface area contributed by atoms with Crippen molar-refractivity contribution in [1.29, 1.82) is 0 Å². The summed E-state index contributed by atoms with van der Waals surface area (Å²) in [6, 6.07) is 14.1. The summed E-state index contributed by atoms with van der Waals surface area (Å²) < 4.78 is 1.58. The number of hydrogen-bond donors (Lipinski definition) is 2. The molecule has 0 radical (unpaired) electrons. The van der Waals surface area contributed by atoms with Gasteiger partial charge in [-0.2, -0.15) is 4.68 Å². The molecule has 2 aromatic carbocycles. The molecule has 0 aliphatic carbocycles. The lowest BCUT2D eigenvalue weighted by Crippen LogP contribution is -2.15. The molecule has 0 saturated heterocycles. The summed E-state index contributed by atoms with van der Waals surface area (Å²) in [5.74, 6) is -0.578. The summed E-state index contributed by atoms with van der Waals surface area (Å²) in [6.45, 7) is 2.00. The molecule has 0 atom stereocenters. The molecule has 0 unspecified atom stereocenters. The molecular weight excluding hydrogens is 352 g/mol. The molecule has 3 N–H and O–H groups in total. The SMILES string of the molecule is Cc1ccc(-n2nnnc2SCC(=O)Nc2ccc(C(N)=O)cc2)cc1. The number of amides is 2. The standard InChI is InChI=1S/C17H16N6O2S/c1-11-2-8-14(9-3-11)23-17(20-21-22-23)26-10-15(24)19-13-6-4-12(5-7-13)16(18)25/h2-9H,10H2,1H3,(H2,18,25)(H,19,24). The highest BCUT2D eigenvalue weighted by atomic mass is 32.2. The van der Waals surface area contributed by atoms with Gasteiger partial charge in [-0.15, -0.1) is 5.10 Å². The minimum Gasteiger partial charge on any atom is -0.366 e. The van der Waals surface area contributed by atoms with Gasteiger partial charge >= 0.3 is 0 Å². The number of anilines is 1. The number of nitrogens with one attached hydrogen (secondary N) is 1. The first kappa shape index (κ1) is 17.6. The number of aryl methyl sites for hydroxylation is 1. The van der Waals surface area contributed by atoms with Gasteiger partial charge in [-0.1, -0.05) is 29.5 Å². The number of tetrazole rings is 1. The Morgan fingerprint density at radius 1 is 1.12 bits per heavy atom. The topological polar surface area (TPSA) is 116 Å². The van der Waals surface area contributed by atoms with Crippen LogP contribution in [0.3, 0.4) is 0 Å². The van der Waals surface area contributed by atoms with Gasteiger partial charge in [0.15, 0.2) is 0 Å². The quantitative estimate of drug-likeness (QED) is 0.641. The second-order valence-electron chi connectivity index (χ2n) is 5.49. The molecule has 9 heteroatoms. The predicted octanol–water partition coefficient (Wildman–Crippen LogP) is 1.80. The number of aromatic nitrogens is 4. The van der Waals surface area contributed by atoms with Crippen molar-refractivity contribution in [3.63, 3.8) is 0 Å². The summed E-state index contributed by atoms with van der Waals surface area (Å²) in [7, 11) is 0. The van der Waals surface area contributed by atoms with Crippen molar-refractivity contribution in [2.45, 2.75) is 12.1 Å². The Kier molecular flexibility index (Phi) is 5.28. The van der Waals surface area contributed by atoms with E-state index >= 15 is 0 Å². The van der Waals surface area contributed by atoms with Crippen molar-refractivity contribution in [3.05, 3.63) is 59.7 Å². The van der Waals surface area contributed by atoms with E-state index in [9.17, 15) is 9.59 Å². The molecule has 1 aromatic heterocycles. The smallest absolute Gasteiger partial charge is 0.248 e. The molecule has 0 bridgehead atoms. The normalized spacial score (nSPS) is 10.5. The Labute approximate surface area is 153 Å². The van der Waals surface area contributed by atoms with Crippen molar-refractivity contribution in [1.82, 2.24) is 20.2 Å². The average molecular weight is 368 g/mol. The molecule has 0 aliphatic rings. The van der Waals surface area contributed by atoms with Crippen molar-refractivity contribution in [2.75, 3.05) is 11.1 Å². The van der Waals surface area contributed by atoms with Crippen LogP contribution in [0.15, 0.2) is 53.7 Å². The Morgan fingerprint density at radius 2 is 1.81 bits per heavy atom. The van der Waals surface area contributed by atoms with E-state index in [2.05, 4.69) is 20.8 Å². The van der Waals surface area contributed by atoms with Crippen LogP contribution in [0.5, 0.6) is 0 Å². The monoisotopic (exact) mass is 368 g/mol. The lowest BCUT2D eigenvalue weighted by molar-refractivity contribution is -0.113. The fourth-order valence-electron chi connectivity index (χ4n) is 2.16. The molecule has 8 nitrogen and oxygen atoms in total. The van der Waals surface area contributed by atoms with Crippen LogP contribution >= 0.6 is 11.8 Å². The van der Waals surface area contributed by atoms with Gasteiger partial charge in [-0.25, -0.2) is 0 Å². The fraction of sp³-hybridized carbons (Fsp3) is 0.118. The Balaban J connectivity index is 1.61. The minimum absolute atomic E-state index is 0.143. The fourth-order valence-corrected chi connectivity index (χ4v) is 2.85. The maximum atomic E-state index is 12.1. The first-order valence-corrected chi connectivity index (χ1v) is 8.69.